The zero-order valence-electron chi connectivity index (χ0n) is 14.4. The number of halogens is 2. The maximum atomic E-state index is 13.4. The van der Waals surface area contributed by atoms with Gasteiger partial charge in [-0.25, -0.2) is 4.39 Å². The van der Waals surface area contributed by atoms with E-state index in [0.29, 0.717) is 33.9 Å². The molecule has 0 atom stereocenters. The average molecular weight is 375 g/mol. The van der Waals surface area contributed by atoms with Crippen LogP contribution in [0, 0.1) is 29.8 Å². The molecule has 0 unspecified atom stereocenters. The molecule has 6 nitrogen and oxygen atoms in total. The molecular formula is C18H16ClFN4O2. The highest BCUT2D eigenvalue weighted by molar-refractivity contribution is 6.33. The quantitative estimate of drug-likeness (QED) is 0.506. The van der Waals surface area contributed by atoms with Crippen molar-refractivity contribution in [2.75, 3.05) is 5.32 Å². The van der Waals surface area contributed by atoms with Gasteiger partial charge in [-0.1, -0.05) is 23.7 Å². The molecule has 0 radical (unpaired) electrons. The van der Waals surface area contributed by atoms with E-state index >= 15 is 0 Å². The first kappa shape index (κ1) is 17.9. The van der Waals surface area contributed by atoms with Crippen molar-refractivity contribution in [3.63, 3.8) is 0 Å². The highest BCUT2D eigenvalue weighted by atomic mass is 35.5. The number of aryl methyl sites for hydroxylation is 3. The monoisotopic (exact) mass is 374 g/mol. The average Bonchev–Trinajstić information content (AvgIpc) is 2.83. The van der Waals surface area contributed by atoms with E-state index in [1.165, 1.54) is 18.2 Å². The Balaban J connectivity index is 2.18. The zero-order valence-corrected chi connectivity index (χ0v) is 15.1. The van der Waals surface area contributed by atoms with Crippen molar-refractivity contribution in [3.05, 3.63) is 68.6 Å². The van der Waals surface area contributed by atoms with Crippen LogP contribution in [-0.2, 0) is 7.05 Å². The SMILES string of the molecule is Cc1cccc([N+](=O)[O-])c1Nc1c(-c2ccc(F)cc2Cl)c(C)nn1C. The third-order valence-electron chi connectivity index (χ3n) is 4.11. The van der Waals surface area contributed by atoms with Gasteiger partial charge in [0, 0.05) is 24.2 Å². The van der Waals surface area contributed by atoms with Crippen molar-refractivity contribution in [2.24, 2.45) is 7.05 Å². The van der Waals surface area contributed by atoms with Crippen molar-refractivity contribution < 1.29 is 9.31 Å². The largest absolute Gasteiger partial charge is 0.334 e. The van der Waals surface area contributed by atoms with Gasteiger partial charge in [0.15, 0.2) is 0 Å². The Bertz CT molecular complexity index is 1020. The summed E-state index contributed by atoms with van der Waals surface area (Å²) < 4.78 is 15.0. The fraction of sp³-hybridized carbons (Fsp3) is 0.167. The minimum Gasteiger partial charge on any atom is -0.334 e. The minimum atomic E-state index is -0.441. The Morgan fingerprint density at radius 2 is 2.00 bits per heavy atom. The van der Waals surface area contributed by atoms with E-state index in [4.69, 9.17) is 11.6 Å². The molecule has 3 rings (SSSR count). The lowest BCUT2D eigenvalue weighted by molar-refractivity contribution is -0.384. The molecule has 1 heterocycles. The maximum Gasteiger partial charge on any atom is 0.292 e. The normalized spacial score (nSPS) is 10.8. The van der Waals surface area contributed by atoms with E-state index < -0.39 is 10.7 Å². The molecule has 3 aromatic rings. The van der Waals surface area contributed by atoms with Gasteiger partial charge in [-0.3, -0.25) is 14.8 Å². The highest BCUT2D eigenvalue weighted by Gasteiger charge is 2.22. The van der Waals surface area contributed by atoms with Gasteiger partial charge in [-0.2, -0.15) is 5.10 Å². The summed E-state index contributed by atoms with van der Waals surface area (Å²) in [6.07, 6.45) is 0. The van der Waals surface area contributed by atoms with E-state index in [1.54, 1.807) is 43.8 Å². The van der Waals surface area contributed by atoms with Crippen molar-refractivity contribution in [3.8, 4) is 11.1 Å². The second-order valence-electron chi connectivity index (χ2n) is 5.91. The molecule has 0 spiro atoms. The van der Waals surface area contributed by atoms with Gasteiger partial charge in [-0.05, 0) is 37.6 Å². The summed E-state index contributed by atoms with van der Waals surface area (Å²) in [5, 5.41) is 19.1. The van der Waals surface area contributed by atoms with Crippen LogP contribution in [0.15, 0.2) is 36.4 Å². The summed E-state index contributed by atoms with van der Waals surface area (Å²) in [5.74, 6) is 0.0951. The Morgan fingerprint density at radius 1 is 1.27 bits per heavy atom. The van der Waals surface area contributed by atoms with Crippen molar-refractivity contribution in [2.45, 2.75) is 13.8 Å². The summed E-state index contributed by atoms with van der Waals surface area (Å²) >= 11 is 6.22. The lowest BCUT2D eigenvalue weighted by atomic mass is 10.0. The fourth-order valence-corrected chi connectivity index (χ4v) is 3.16. The van der Waals surface area contributed by atoms with E-state index in [9.17, 15) is 14.5 Å². The van der Waals surface area contributed by atoms with Gasteiger partial charge in [0.2, 0.25) is 0 Å². The first-order valence-electron chi connectivity index (χ1n) is 7.79. The number of nitro groups is 1. The van der Waals surface area contributed by atoms with Gasteiger partial charge in [0.1, 0.15) is 17.3 Å². The third-order valence-corrected chi connectivity index (χ3v) is 4.43. The summed E-state index contributed by atoms with van der Waals surface area (Å²) in [7, 11) is 1.72. The van der Waals surface area contributed by atoms with Crippen molar-refractivity contribution in [1.29, 1.82) is 0 Å². The van der Waals surface area contributed by atoms with E-state index in [-0.39, 0.29) is 10.7 Å². The number of nitrogens with one attached hydrogen (secondary N) is 1. The van der Waals surface area contributed by atoms with Gasteiger partial charge in [0.25, 0.3) is 5.69 Å². The smallest absolute Gasteiger partial charge is 0.292 e. The number of benzene rings is 2. The molecule has 0 aliphatic rings. The molecule has 1 N–H and O–H groups in total. The Hall–Kier alpha value is -2.93. The van der Waals surface area contributed by atoms with Crippen LogP contribution >= 0.6 is 11.6 Å². The summed E-state index contributed by atoms with van der Waals surface area (Å²) in [6, 6.07) is 8.95. The Kier molecular flexibility index (Phi) is 4.65. The van der Waals surface area contributed by atoms with E-state index in [2.05, 4.69) is 10.4 Å². The van der Waals surface area contributed by atoms with Gasteiger partial charge in [0.05, 0.1) is 15.6 Å². The molecule has 0 saturated heterocycles. The molecule has 2 aromatic carbocycles. The lowest BCUT2D eigenvalue weighted by Crippen LogP contribution is -2.04. The van der Waals surface area contributed by atoms with Gasteiger partial charge in [-0.15, -0.1) is 0 Å². The summed E-state index contributed by atoms with van der Waals surface area (Å²) in [6.45, 7) is 3.58. The number of nitrogens with zero attached hydrogens (tertiary/aromatic N) is 3. The highest BCUT2D eigenvalue weighted by Crippen LogP contribution is 2.39. The number of aromatic nitrogens is 2. The molecule has 134 valence electrons. The predicted molar refractivity (Wildman–Crippen MR) is 99.5 cm³/mol. The van der Waals surface area contributed by atoms with Crippen molar-refractivity contribution >= 4 is 28.8 Å². The molecule has 0 aliphatic carbocycles. The minimum absolute atomic E-state index is 0.0417. The van der Waals surface area contributed by atoms with Crippen LogP contribution in [0.25, 0.3) is 11.1 Å². The Labute approximate surface area is 154 Å². The predicted octanol–water partition coefficient (Wildman–Crippen LogP) is 5.15. The molecule has 0 saturated carbocycles. The lowest BCUT2D eigenvalue weighted by Gasteiger charge is -2.13. The molecule has 26 heavy (non-hydrogen) atoms. The number of hydrogen-bond acceptors (Lipinski definition) is 4. The third kappa shape index (κ3) is 3.13. The topological polar surface area (TPSA) is 73.0 Å². The molecule has 0 aliphatic heterocycles. The first-order chi connectivity index (χ1) is 12.3. The van der Waals surface area contributed by atoms with Crippen LogP contribution in [0.2, 0.25) is 5.02 Å². The maximum absolute atomic E-state index is 13.4. The van der Waals surface area contributed by atoms with Crippen molar-refractivity contribution in [1.82, 2.24) is 9.78 Å². The molecule has 0 amide bonds. The van der Waals surface area contributed by atoms with Crippen LogP contribution in [0.4, 0.5) is 21.6 Å². The van der Waals surface area contributed by atoms with Crippen LogP contribution < -0.4 is 5.32 Å². The number of anilines is 2. The number of hydrogen-bond donors (Lipinski definition) is 1. The Morgan fingerprint density at radius 3 is 2.65 bits per heavy atom. The van der Waals surface area contributed by atoms with Crippen LogP contribution in [0.3, 0.4) is 0 Å². The molecule has 0 fully saturated rings. The zero-order chi connectivity index (χ0) is 19.0. The van der Waals surface area contributed by atoms with Crippen LogP contribution in [0.5, 0.6) is 0 Å². The standard InChI is InChI=1S/C18H16ClFN4O2/c1-10-5-4-6-15(24(25)26)17(10)21-18-16(11(2)22-23(18)3)13-8-7-12(20)9-14(13)19/h4-9,21H,1-3H3. The number of nitro benzene ring substituents is 1. The fourth-order valence-electron chi connectivity index (χ4n) is 2.90. The number of para-hydroxylation sites is 1. The summed E-state index contributed by atoms with van der Waals surface area (Å²) in [4.78, 5) is 10.9. The molecular weight excluding hydrogens is 359 g/mol. The summed E-state index contributed by atoms with van der Waals surface area (Å²) in [5.41, 5.74) is 2.97. The molecule has 8 heteroatoms. The number of rotatable bonds is 4. The second-order valence-corrected chi connectivity index (χ2v) is 6.32. The molecule has 0 bridgehead atoms. The van der Waals surface area contributed by atoms with Crippen LogP contribution in [-0.4, -0.2) is 14.7 Å². The van der Waals surface area contributed by atoms with Crippen LogP contribution in [0.1, 0.15) is 11.3 Å². The van der Waals surface area contributed by atoms with Gasteiger partial charge < -0.3 is 5.32 Å². The van der Waals surface area contributed by atoms with E-state index in [1.807, 2.05) is 0 Å². The molecule has 1 aromatic heterocycles. The van der Waals surface area contributed by atoms with E-state index in [0.717, 1.165) is 0 Å². The van der Waals surface area contributed by atoms with Gasteiger partial charge >= 0.3 is 0 Å². The second kappa shape index (κ2) is 6.76. The first-order valence-corrected chi connectivity index (χ1v) is 8.17.